The topological polar surface area (TPSA) is 55.1 Å². The van der Waals surface area contributed by atoms with Gasteiger partial charge in [-0.15, -0.1) is 0 Å². The second-order valence-corrected chi connectivity index (χ2v) is 5.41. The largest absolute Gasteiger partial charge is 0.356 e. The summed E-state index contributed by atoms with van der Waals surface area (Å²) in [6.07, 6.45) is 3.30. The van der Waals surface area contributed by atoms with Crippen molar-refractivity contribution in [3.63, 3.8) is 0 Å². The fourth-order valence-electron chi connectivity index (χ4n) is 2.01. The molecule has 0 heterocycles. The Morgan fingerprint density at radius 3 is 2.42 bits per heavy atom. The molecule has 0 spiro atoms. The van der Waals surface area contributed by atoms with Crippen LogP contribution in [0.3, 0.4) is 0 Å². The summed E-state index contributed by atoms with van der Waals surface area (Å²) in [5, 5.41) is 2.92. The van der Waals surface area contributed by atoms with Gasteiger partial charge in [0, 0.05) is 13.0 Å². The van der Waals surface area contributed by atoms with E-state index in [0.29, 0.717) is 25.4 Å². The maximum absolute atomic E-state index is 11.4. The predicted octanol–water partition coefficient (Wildman–Crippen LogP) is 2.28. The number of amides is 1. The number of hydrogen-bond donors (Lipinski definition) is 2. The van der Waals surface area contributed by atoms with Gasteiger partial charge in [-0.3, -0.25) is 4.79 Å². The van der Waals surface area contributed by atoms with E-state index in [0.717, 1.165) is 19.3 Å². The van der Waals surface area contributed by atoms with Crippen molar-refractivity contribution in [2.24, 2.45) is 11.7 Å². The molecule has 0 aliphatic rings. The summed E-state index contributed by atoms with van der Waals surface area (Å²) >= 11 is 0. The first-order valence-electron chi connectivity index (χ1n) is 7.16. The van der Waals surface area contributed by atoms with Crippen LogP contribution >= 0.6 is 0 Å². The van der Waals surface area contributed by atoms with Crippen LogP contribution in [0, 0.1) is 5.92 Å². The molecule has 0 aliphatic heterocycles. The van der Waals surface area contributed by atoms with Crippen LogP contribution in [0.1, 0.15) is 37.8 Å². The first-order valence-corrected chi connectivity index (χ1v) is 7.16. The standard InChI is InChI=1S/C16H26N2O/c1-13(2)12-15-7-5-14(6-8-15)9-11-18-16(19)4-3-10-17/h5-8,13H,3-4,9-12,17H2,1-2H3,(H,18,19). The lowest BCUT2D eigenvalue weighted by molar-refractivity contribution is -0.121. The zero-order chi connectivity index (χ0) is 14.1. The summed E-state index contributed by atoms with van der Waals surface area (Å²) in [7, 11) is 0. The predicted molar refractivity (Wildman–Crippen MR) is 80.0 cm³/mol. The Morgan fingerprint density at radius 2 is 1.84 bits per heavy atom. The summed E-state index contributed by atoms with van der Waals surface area (Å²) in [6, 6.07) is 8.69. The van der Waals surface area contributed by atoms with E-state index in [4.69, 9.17) is 5.73 Å². The van der Waals surface area contributed by atoms with E-state index >= 15 is 0 Å². The highest BCUT2D eigenvalue weighted by molar-refractivity contribution is 5.75. The first kappa shape index (κ1) is 15.7. The molecule has 1 amide bonds. The normalized spacial score (nSPS) is 10.7. The lowest BCUT2D eigenvalue weighted by Crippen LogP contribution is -2.25. The molecular formula is C16H26N2O. The van der Waals surface area contributed by atoms with Gasteiger partial charge in [0.25, 0.3) is 0 Å². The average Bonchev–Trinajstić information content (AvgIpc) is 2.38. The Labute approximate surface area is 116 Å². The Hall–Kier alpha value is -1.35. The van der Waals surface area contributed by atoms with Crippen molar-refractivity contribution in [1.29, 1.82) is 0 Å². The summed E-state index contributed by atoms with van der Waals surface area (Å²) < 4.78 is 0. The van der Waals surface area contributed by atoms with Gasteiger partial charge in [-0.05, 0) is 42.9 Å². The molecule has 0 bridgehead atoms. The van der Waals surface area contributed by atoms with Gasteiger partial charge < -0.3 is 11.1 Å². The van der Waals surface area contributed by atoms with E-state index < -0.39 is 0 Å². The number of carbonyl (C=O) groups excluding carboxylic acids is 1. The number of nitrogens with one attached hydrogen (secondary N) is 1. The zero-order valence-electron chi connectivity index (χ0n) is 12.1. The molecule has 0 saturated heterocycles. The number of hydrogen-bond acceptors (Lipinski definition) is 2. The molecule has 0 aliphatic carbocycles. The third-order valence-electron chi connectivity index (χ3n) is 3.01. The Morgan fingerprint density at radius 1 is 1.21 bits per heavy atom. The SMILES string of the molecule is CC(C)Cc1ccc(CCNC(=O)CCCN)cc1. The number of nitrogens with two attached hydrogens (primary N) is 1. The fraction of sp³-hybridized carbons (Fsp3) is 0.562. The summed E-state index contributed by atoms with van der Waals surface area (Å²) in [6.45, 7) is 5.73. The van der Waals surface area contributed by atoms with Gasteiger partial charge in [-0.25, -0.2) is 0 Å². The van der Waals surface area contributed by atoms with Crippen molar-refractivity contribution in [2.75, 3.05) is 13.1 Å². The highest BCUT2D eigenvalue weighted by atomic mass is 16.1. The molecule has 3 nitrogen and oxygen atoms in total. The van der Waals surface area contributed by atoms with Crippen molar-refractivity contribution in [1.82, 2.24) is 5.32 Å². The van der Waals surface area contributed by atoms with E-state index in [1.807, 2.05) is 0 Å². The van der Waals surface area contributed by atoms with Crippen LogP contribution in [0.4, 0.5) is 0 Å². The molecular weight excluding hydrogens is 236 g/mol. The van der Waals surface area contributed by atoms with E-state index in [1.165, 1.54) is 11.1 Å². The number of benzene rings is 1. The van der Waals surface area contributed by atoms with Gasteiger partial charge in [0.15, 0.2) is 0 Å². The lowest BCUT2D eigenvalue weighted by Gasteiger charge is -2.07. The lowest BCUT2D eigenvalue weighted by atomic mass is 10.0. The Kier molecular flexibility index (Phi) is 7.19. The highest BCUT2D eigenvalue weighted by Gasteiger charge is 2.01. The second-order valence-electron chi connectivity index (χ2n) is 5.41. The van der Waals surface area contributed by atoms with Gasteiger partial charge in [-0.2, -0.15) is 0 Å². The van der Waals surface area contributed by atoms with Gasteiger partial charge in [-0.1, -0.05) is 38.1 Å². The van der Waals surface area contributed by atoms with E-state index in [-0.39, 0.29) is 5.91 Å². The molecule has 0 unspecified atom stereocenters. The van der Waals surface area contributed by atoms with Crippen LogP contribution in [-0.2, 0) is 17.6 Å². The first-order chi connectivity index (χ1) is 9.11. The fourth-order valence-corrected chi connectivity index (χ4v) is 2.01. The van der Waals surface area contributed by atoms with Crippen molar-refractivity contribution in [3.05, 3.63) is 35.4 Å². The third-order valence-corrected chi connectivity index (χ3v) is 3.01. The average molecular weight is 262 g/mol. The molecule has 0 atom stereocenters. The Bertz CT molecular complexity index is 371. The second kappa shape index (κ2) is 8.70. The molecule has 3 N–H and O–H groups in total. The van der Waals surface area contributed by atoms with E-state index in [2.05, 4.69) is 43.4 Å². The number of carbonyl (C=O) groups is 1. The molecule has 3 heteroatoms. The van der Waals surface area contributed by atoms with Crippen LogP contribution < -0.4 is 11.1 Å². The minimum atomic E-state index is 0.0990. The molecule has 0 aromatic heterocycles. The maximum atomic E-state index is 11.4. The molecule has 0 radical (unpaired) electrons. The van der Waals surface area contributed by atoms with Crippen LogP contribution in [0.15, 0.2) is 24.3 Å². The molecule has 0 saturated carbocycles. The minimum Gasteiger partial charge on any atom is -0.356 e. The van der Waals surface area contributed by atoms with E-state index in [9.17, 15) is 4.79 Å². The van der Waals surface area contributed by atoms with Crippen molar-refractivity contribution >= 4 is 5.91 Å². The van der Waals surface area contributed by atoms with Crippen molar-refractivity contribution in [3.8, 4) is 0 Å². The van der Waals surface area contributed by atoms with Crippen LogP contribution in [0.2, 0.25) is 0 Å². The number of rotatable bonds is 8. The molecule has 19 heavy (non-hydrogen) atoms. The van der Waals surface area contributed by atoms with Gasteiger partial charge >= 0.3 is 0 Å². The smallest absolute Gasteiger partial charge is 0.220 e. The quantitative estimate of drug-likeness (QED) is 0.755. The van der Waals surface area contributed by atoms with Gasteiger partial charge in [0.05, 0.1) is 0 Å². The van der Waals surface area contributed by atoms with Crippen LogP contribution in [-0.4, -0.2) is 19.0 Å². The van der Waals surface area contributed by atoms with Gasteiger partial charge in [0.2, 0.25) is 5.91 Å². The summed E-state index contributed by atoms with van der Waals surface area (Å²) in [5.41, 5.74) is 8.02. The van der Waals surface area contributed by atoms with Crippen LogP contribution in [0.5, 0.6) is 0 Å². The molecule has 1 rings (SSSR count). The zero-order valence-corrected chi connectivity index (χ0v) is 12.1. The van der Waals surface area contributed by atoms with E-state index in [1.54, 1.807) is 0 Å². The van der Waals surface area contributed by atoms with Crippen molar-refractivity contribution in [2.45, 2.75) is 39.5 Å². The molecule has 1 aromatic carbocycles. The van der Waals surface area contributed by atoms with Gasteiger partial charge in [0.1, 0.15) is 0 Å². The van der Waals surface area contributed by atoms with Crippen LogP contribution in [0.25, 0.3) is 0 Å². The Balaban J connectivity index is 2.28. The molecule has 0 fully saturated rings. The summed E-state index contributed by atoms with van der Waals surface area (Å²) in [5.74, 6) is 0.787. The molecule has 106 valence electrons. The minimum absolute atomic E-state index is 0.0990. The van der Waals surface area contributed by atoms with Crippen molar-refractivity contribution < 1.29 is 4.79 Å². The maximum Gasteiger partial charge on any atom is 0.220 e. The highest BCUT2D eigenvalue weighted by Crippen LogP contribution is 2.10. The third kappa shape index (κ3) is 6.97. The molecule has 1 aromatic rings. The summed E-state index contributed by atoms with van der Waals surface area (Å²) in [4.78, 5) is 11.4. The monoisotopic (exact) mass is 262 g/mol.